The lowest BCUT2D eigenvalue weighted by Gasteiger charge is -2.00. The number of methoxy groups -OCH3 is 1. The van der Waals surface area contributed by atoms with Crippen LogP contribution in [0.3, 0.4) is 0 Å². The number of nitrogens with zero attached hydrogens (tertiary/aromatic N) is 2. The van der Waals surface area contributed by atoms with E-state index >= 15 is 0 Å². The van der Waals surface area contributed by atoms with Crippen molar-refractivity contribution in [2.45, 2.75) is 0 Å². The minimum Gasteiger partial charge on any atom is -0.480 e. The minimum atomic E-state index is -0.220. The molecule has 0 spiro atoms. The molecule has 3 nitrogen and oxygen atoms in total. The van der Waals surface area contributed by atoms with Gasteiger partial charge in [-0.1, -0.05) is 0 Å². The van der Waals surface area contributed by atoms with Gasteiger partial charge in [-0.05, 0) is 22.0 Å². The highest BCUT2D eigenvalue weighted by Gasteiger charge is 2.05. The first-order valence-electron chi connectivity index (χ1n) is 3.72. The van der Waals surface area contributed by atoms with E-state index in [1.54, 1.807) is 0 Å². The predicted octanol–water partition coefficient (Wildman–Crippen LogP) is 1.72. The van der Waals surface area contributed by atoms with Gasteiger partial charge < -0.3 is 4.74 Å². The molecule has 0 N–H and O–H groups in total. The number of pyridine rings is 1. The van der Waals surface area contributed by atoms with E-state index in [2.05, 4.69) is 20.9 Å². The van der Waals surface area contributed by atoms with Crippen molar-refractivity contribution >= 4 is 15.9 Å². The van der Waals surface area contributed by atoms with Crippen LogP contribution in [0.15, 0.2) is 16.7 Å². The van der Waals surface area contributed by atoms with Gasteiger partial charge in [-0.2, -0.15) is 5.26 Å². The lowest BCUT2D eigenvalue weighted by molar-refractivity contribution is 0.396. The monoisotopic (exact) mass is 214 g/mol. The van der Waals surface area contributed by atoms with Crippen LogP contribution in [-0.4, -0.2) is 12.1 Å². The number of ether oxygens (including phenoxy) is 1. The quantitative estimate of drug-likeness (QED) is 0.716. The topological polar surface area (TPSA) is 45.9 Å². The standard InChI is InChI=1S/C7H5BrN2O/c1-11-7-5(4-9)6(8)2-3-10-7/h2-3H,1H3/i2D,3D. The van der Waals surface area contributed by atoms with Gasteiger partial charge in [-0.15, -0.1) is 0 Å². The number of hydrogen-bond acceptors (Lipinski definition) is 3. The Morgan fingerprint density at radius 3 is 3.18 bits per heavy atom. The van der Waals surface area contributed by atoms with Crippen molar-refractivity contribution in [3.63, 3.8) is 0 Å². The second kappa shape index (κ2) is 3.35. The van der Waals surface area contributed by atoms with Crippen LogP contribution in [0.1, 0.15) is 8.30 Å². The summed E-state index contributed by atoms with van der Waals surface area (Å²) in [5, 5.41) is 8.70. The molecule has 0 fully saturated rings. The molecule has 0 aliphatic carbocycles. The Morgan fingerprint density at radius 2 is 2.64 bits per heavy atom. The summed E-state index contributed by atoms with van der Waals surface area (Å²) in [6.45, 7) is 0. The lowest BCUT2D eigenvalue weighted by Crippen LogP contribution is -1.91. The first-order chi connectivity index (χ1) is 6.11. The van der Waals surface area contributed by atoms with Crippen LogP contribution in [0.2, 0.25) is 0 Å². The number of rotatable bonds is 1. The third kappa shape index (κ3) is 1.49. The minimum absolute atomic E-state index is 0.0652. The zero-order valence-electron chi connectivity index (χ0n) is 7.68. The summed E-state index contributed by atoms with van der Waals surface area (Å²) in [5.74, 6) is 0.0652. The van der Waals surface area contributed by atoms with E-state index in [4.69, 9.17) is 12.7 Å². The number of aromatic nitrogens is 1. The Bertz CT molecular complexity index is 389. The molecule has 0 unspecified atom stereocenters. The Morgan fingerprint density at radius 1 is 1.91 bits per heavy atom. The summed E-state index contributed by atoms with van der Waals surface area (Å²) in [6.07, 6.45) is -0.220. The molecule has 1 rings (SSSR count). The molecule has 0 radical (unpaired) electrons. The highest BCUT2D eigenvalue weighted by atomic mass is 79.9. The largest absolute Gasteiger partial charge is 0.480 e. The van der Waals surface area contributed by atoms with E-state index in [1.165, 1.54) is 7.11 Å². The molecule has 1 aromatic heterocycles. The molecule has 0 aliphatic heterocycles. The SMILES string of the molecule is [2H]c1nc(OC)c(C#N)c(Br)c1[2H]. The molecule has 4 heteroatoms. The maximum absolute atomic E-state index is 8.70. The highest BCUT2D eigenvalue weighted by Crippen LogP contribution is 2.22. The second-order valence-electron chi connectivity index (χ2n) is 1.66. The maximum atomic E-state index is 8.70. The summed E-state index contributed by atoms with van der Waals surface area (Å²) < 4.78 is 19.6. The smallest absolute Gasteiger partial charge is 0.232 e. The van der Waals surface area contributed by atoms with Crippen molar-refractivity contribution in [3.05, 3.63) is 22.3 Å². The Hall–Kier alpha value is -1.08. The van der Waals surface area contributed by atoms with E-state index in [-0.39, 0.29) is 28.1 Å². The third-order valence-corrected chi connectivity index (χ3v) is 1.66. The molecule has 0 aliphatic rings. The van der Waals surface area contributed by atoms with Gasteiger partial charge in [0.15, 0.2) is 0 Å². The normalized spacial score (nSPS) is 11.4. The fraction of sp³-hybridized carbons (Fsp3) is 0.143. The van der Waals surface area contributed by atoms with E-state index in [0.29, 0.717) is 0 Å². The van der Waals surface area contributed by atoms with Gasteiger partial charge in [-0.3, -0.25) is 0 Å². The van der Waals surface area contributed by atoms with Crippen molar-refractivity contribution in [3.8, 4) is 11.9 Å². The molecule has 56 valence electrons. The fourth-order valence-electron chi connectivity index (χ4n) is 0.585. The van der Waals surface area contributed by atoms with Crippen LogP contribution in [0.25, 0.3) is 0 Å². The highest BCUT2D eigenvalue weighted by molar-refractivity contribution is 9.10. The molecule has 0 saturated heterocycles. The zero-order chi connectivity index (χ0) is 10.0. The van der Waals surface area contributed by atoms with Crippen molar-refractivity contribution in [2.24, 2.45) is 0 Å². The molecular formula is C7H5BrN2O. The average Bonchev–Trinajstić information content (AvgIpc) is 2.13. The van der Waals surface area contributed by atoms with Gasteiger partial charge in [0.2, 0.25) is 5.88 Å². The third-order valence-electron chi connectivity index (χ3n) is 1.06. The van der Waals surface area contributed by atoms with Crippen LogP contribution in [0, 0.1) is 11.3 Å². The molecular weight excluding hydrogens is 208 g/mol. The van der Waals surface area contributed by atoms with E-state index in [0.717, 1.165) is 0 Å². The van der Waals surface area contributed by atoms with Crippen LogP contribution < -0.4 is 4.74 Å². The van der Waals surface area contributed by atoms with Crippen molar-refractivity contribution in [2.75, 3.05) is 7.11 Å². The summed E-state index contributed by atoms with van der Waals surface area (Å²) >= 11 is 3.03. The molecule has 1 aromatic rings. The van der Waals surface area contributed by atoms with Crippen LogP contribution in [0.4, 0.5) is 0 Å². The molecule has 0 amide bonds. The first kappa shape index (κ1) is 5.56. The molecule has 0 bridgehead atoms. The summed E-state index contributed by atoms with van der Waals surface area (Å²) in [7, 11) is 1.36. The van der Waals surface area contributed by atoms with Crippen molar-refractivity contribution < 1.29 is 7.48 Å². The Labute approximate surface area is 75.6 Å². The van der Waals surface area contributed by atoms with Crippen LogP contribution >= 0.6 is 15.9 Å². The molecule has 0 saturated carbocycles. The van der Waals surface area contributed by atoms with Crippen LogP contribution in [-0.2, 0) is 0 Å². The van der Waals surface area contributed by atoms with Crippen molar-refractivity contribution in [1.29, 1.82) is 5.26 Å². The maximum Gasteiger partial charge on any atom is 0.232 e. The number of halogens is 1. The van der Waals surface area contributed by atoms with E-state index in [1.807, 2.05) is 6.07 Å². The van der Waals surface area contributed by atoms with Gasteiger partial charge in [0.05, 0.1) is 9.85 Å². The first-order valence-corrected chi connectivity index (χ1v) is 3.52. The average molecular weight is 215 g/mol. The Kier molecular flexibility index (Phi) is 1.69. The number of nitriles is 1. The predicted molar refractivity (Wildman–Crippen MR) is 43.2 cm³/mol. The van der Waals surface area contributed by atoms with Gasteiger partial charge >= 0.3 is 0 Å². The zero-order valence-corrected chi connectivity index (χ0v) is 7.27. The number of hydrogen-bond donors (Lipinski definition) is 0. The lowest BCUT2D eigenvalue weighted by atomic mass is 10.3. The molecule has 11 heavy (non-hydrogen) atoms. The fourth-order valence-corrected chi connectivity index (χ4v) is 0.932. The second-order valence-corrected chi connectivity index (χ2v) is 2.45. The summed E-state index contributed by atoms with van der Waals surface area (Å²) in [6, 6.07) is 1.73. The molecule has 0 atom stereocenters. The summed E-state index contributed by atoms with van der Waals surface area (Å²) in [4.78, 5) is 3.63. The Balaban J connectivity index is 3.50. The van der Waals surface area contributed by atoms with Gasteiger partial charge in [0, 0.05) is 10.6 Å². The van der Waals surface area contributed by atoms with Crippen LogP contribution in [0.5, 0.6) is 5.88 Å². The summed E-state index contributed by atoms with van der Waals surface area (Å²) in [5.41, 5.74) is 0.142. The van der Waals surface area contributed by atoms with Gasteiger partial charge in [0.25, 0.3) is 0 Å². The molecule has 0 aromatic carbocycles. The van der Waals surface area contributed by atoms with Gasteiger partial charge in [0.1, 0.15) is 11.6 Å². The van der Waals surface area contributed by atoms with Crippen molar-refractivity contribution in [1.82, 2.24) is 4.98 Å². The van der Waals surface area contributed by atoms with E-state index in [9.17, 15) is 0 Å². The van der Waals surface area contributed by atoms with E-state index < -0.39 is 0 Å². The van der Waals surface area contributed by atoms with Gasteiger partial charge in [-0.25, -0.2) is 4.98 Å². The molecule has 1 heterocycles.